The second-order valence-corrected chi connectivity index (χ2v) is 7.99. The summed E-state index contributed by atoms with van der Waals surface area (Å²) in [5.74, 6) is -0.468. The smallest absolute Gasteiger partial charge is 0.245 e. The van der Waals surface area contributed by atoms with E-state index in [0.29, 0.717) is 13.0 Å². The zero-order valence-corrected chi connectivity index (χ0v) is 15.6. The number of aliphatic hydroxyl groups excluding tert-OH is 1. The van der Waals surface area contributed by atoms with E-state index in [2.05, 4.69) is 55.7 Å². The van der Waals surface area contributed by atoms with Gasteiger partial charge in [0.15, 0.2) is 0 Å². The first-order valence-corrected chi connectivity index (χ1v) is 9.04. The van der Waals surface area contributed by atoms with Crippen LogP contribution in [0.3, 0.4) is 0 Å². The second-order valence-electron chi connectivity index (χ2n) is 7.99. The molecule has 2 unspecified atom stereocenters. The van der Waals surface area contributed by atoms with Gasteiger partial charge in [-0.25, -0.2) is 0 Å². The Bertz CT molecular complexity index is 598. The number of rotatable bonds is 7. The monoisotopic (exact) mass is 346 g/mol. The van der Waals surface area contributed by atoms with E-state index in [1.54, 1.807) is 0 Å². The normalized spacial score (nSPS) is 16.8. The molecule has 2 amide bonds. The van der Waals surface area contributed by atoms with E-state index in [4.69, 9.17) is 0 Å². The van der Waals surface area contributed by atoms with Crippen molar-refractivity contribution in [3.8, 4) is 0 Å². The number of benzene rings is 1. The Labute approximate surface area is 150 Å². The van der Waals surface area contributed by atoms with Crippen LogP contribution in [-0.2, 0) is 21.4 Å². The number of amides is 2. The van der Waals surface area contributed by atoms with Gasteiger partial charge in [0.05, 0.1) is 6.10 Å². The molecule has 0 aliphatic heterocycles. The Hall–Kier alpha value is -1.88. The molecule has 3 N–H and O–H groups in total. The van der Waals surface area contributed by atoms with Gasteiger partial charge in [-0.2, -0.15) is 0 Å². The van der Waals surface area contributed by atoms with E-state index in [9.17, 15) is 14.7 Å². The molecule has 1 fully saturated rings. The molecule has 5 heteroatoms. The number of nitrogens with one attached hydrogen (secondary N) is 2. The molecule has 2 rings (SSSR count). The predicted octanol–water partition coefficient (Wildman–Crippen LogP) is 1.92. The van der Waals surface area contributed by atoms with Crippen LogP contribution in [0, 0.1) is 5.92 Å². The second kappa shape index (κ2) is 8.00. The van der Waals surface area contributed by atoms with Crippen molar-refractivity contribution in [1.82, 2.24) is 10.6 Å². The minimum atomic E-state index is -0.922. The molecule has 1 aromatic rings. The Kier molecular flexibility index (Phi) is 6.22. The molecule has 25 heavy (non-hydrogen) atoms. The van der Waals surface area contributed by atoms with Crippen LogP contribution >= 0.6 is 0 Å². The lowest BCUT2D eigenvalue weighted by atomic mass is 9.86. The summed E-state index contributed by atoms with van der Waals surface area (Å²) in [6, 6.07) is 7.50. The van der Waals surface area contributed by atoms with Crippen LogP contribution in [0.2, 0.25) is 0 Å². The van der Waals surface area contributed by atoms with Gasteiger partial charge in [-0.15, -0.1) is 0 Å². The summed E-state index contributed by atoms with van der Waals surface area (Å²) in [5, 5.41) is 15.2. The molecule has 1 aromatic carbocycles. The summed E-state index contributed by atoms with van der Waals surface area (Å²) in [6.07, 6.45) is 1.52. The maximum atomic E-state index is 12.3. The lowest BCUT2D eigenvalue weighted by Crippen LogP contribution is -2.53. The molecule has 1 aliphatic rings. The molecule has 138 valence electrons. The van der Waals surface area contributed by atoms with Crippen LogP contribution in [0.1, 0.15) is 51.7 Å². The predicted molar refractivity (Wildman–Crippen MR) is 98.2 cm³/mol. The summed E-state index contributed by atoms with van der Waals surface area (Å²) in [4.78, 5) is 24.1. The van der Waals surface area contributed by atoms with E-state index in [1.807, 2.05) is 0 Å². The summed E-state index contributed by atoms with van der Waals surface area (Å²) < 4.78 is 0. The number of carbonyl (C=O) groups excluding carboxylic acids is 2. The average Bonchev–Trinajstić information content (AvgIpc) is 3.36. The van der Waals surface area contributed by atoms with Crippen LogP contribution in [-0.4, -0.2) is 35.6 Å². The summed E-state index contributed by atoms with van der Waals surface area (Å²) >= 11 is 0. The molecule has 5 nitrogen and oxygen atoms in total. The molecule has 0 radical (unpaired) electrons. The minimum Gasteiger partial charge on any atom is -0.391 e. The van der Waals surface area contributed by atoms with Crippen molar-refractivity contribution in [1.29, 1.82) is 0 Å². The molecule has 1 saturated carbocycles. The van der Waals surface area contributed by atoms with Crippen LogP contribution < -0.4 is 10.6 Å². The molecule has 0 saturated heterocycles. The molecular weight excluding hydrogens is 316 g/mol. The number of hydrogen-bond acceptors (Lipinski definition) is 3. The van der Waals surface area contributed by atoms with Crippen molar-refractivity contribution in [2.75, 3.05) is 6.54 Å². The quantitative estimate of drug-likeness (QED) is 0.706. The van der Waals surface area contributed by atoms with Crippen LogP contribution in [0.15, 0.2) is 24.3 Å². The Balaban J connectivity index is 1.82. The van der Waals surface area contributed by atoms with E-state index in [1.165, 1.54) is 12.5 Å². The molecule has 0 aromatic heterocycles. The van der Waals surface area contributed by atoms with E-state index in [-0.39, 0.29) is 23.1 Å². The van der Waals surface area contributed by atoms with E-state index < -0.39 is 12.1 Å². The maximum absolute atomic E-state index is 12.3. The fraction of sp³-hybridized carbons (Fsp3) is 0.600. The van der Waals surface area contributed by atoms with Crippen molar-refractivity contribution >= 4 is 11.8 Å². The fourth-order valence-electron chi connectivity index (χ4n) is 2.63. The van der Waals surface area contributed by atoms with Gasteiger partial charge in [0.2, 0.25) is 11.8 Å². The van der Waals surface area contributed by atoms with Crippen LogP contribution in [0.4, 0.5) is 0 Å². The van der Waals surface area contributed by atoms with Crippen LogP contribution in [0.25, 0.3) is 0 Å². The Morgan fingerprint density at radius 3 is 2.28 bits per heavy atom. The van der Waals surface area contributed by atoms with E-state index >= 15 is 0 Å². The van der Waals surface area contributed by atoms with Gasteiger partial charge in [0, 0.05) is 12.5 Å². The van der Waals surface area contributed by atoms with Gasteiger partial charge >= 0.3 is 0 Å². The zero-order chi connectivity index (χ0) is 18.6. The van der Waals surface area contributed by atoms with Crippen molar-refractivity contribution in [3.63, 3.8) is 0 Å². The van der Waals surface area contributed by atoms with Crippen molar-refractivity contribution in [3.05, 3.63) is 35.4 Å². The standard InChI is InChI=1S/C20H30N2O3/c1-13(23)17(22-18(24)15-7-8-15)19(25)21-12-11-14-5-9-16(10-6-14)20(2,3)4/h5-6,9-10,13,15,17,23H,7-8,11-12H2,1-4H3,(H,21,25)(H,22,24). The van der Waals surface area contributed by atoms with E-state index in [0.717, 1.165) is 18.4 Å². The highest BCUT2D eigenvalue weighted by Crippen LogP contribution is 2.29. The van der Waals surface area contributed by atoms with Crippen molar-refractivity contribution in [2.24, 2.45) is 5.92 Å². The Morgan fingerprint density at radius 2 is 1.80 bits per heavy atom. The third-order valence-electron chi connectivity index (χ3n) is 4.54. The minimum absolute atomic E-state index is 0.00961. The molecule has 1 aliphatic carbocycles. The highest BCUT2D eigenvalue weighted by molar-refractivity contribution is 5.89. The largest absolute Gasteiger partial charge is 0.391 e. The maximum Gasteiger partial charge on any atom is 0.245 e. The lowest BCUT2D eigenvalue weighted by molar-refractivity contribution is -0.132. The number of aliphatic hydroxyl groups is 1. The summed E-state index contributed by atoms with van der Waals surface area (Å²) in [6.45, 7) is 8.51. The zero-order valence-electron chi connectivity index (χ0n) is 15.6. The summed E-state index contributed by atoms with van der Waals surface area (Å²) in [5.41, 5.74) is 2.54. The third-order valence-corrected chi connectivity index (χ3v) is 4.54. The molecule has 0 heterocycles. The van der Waals surface area contributed by atoms with Gasteiger partial charge < -0.3 is 15.7 Å². The molecule has 2 atom stereocenters. The number of hydrogen-bond donors (Lipinski definition) is 3. The average molecular weight is 346 g/mol. The number of carbonyl (C=O) groups is 2. The lowest BCUT2D eigenvalue weighted by Gasteiger charge is -2.21. The van der Waals surface area contributed by atoms with Gasteiger partial charge in [-0.3, -0.25) is 9.59 Å². The fourth-order valence-corrected chi connectivity index (χ4v) is 2.63. The van der Waals surface area contributed by atoms with Gasteiger partial charge in [0.1, 0.15) is 6.04 Å². The molecular formula is C20H30N2O3. The van der Waals surface area contributed by atoms with Crippen LogP contribution in [0.5, 0.6) is 0 Å². The van der Waals surface area contributed by atoms with Crippen molar-refractivity contribution < 1.29 is 14.7 Å². The first-order valence-electron chi connectivity index (χ1n) is 9.04. The molecule has 0 spiro atoms. The first kappa shape index (κ1) is 19.4. The summed E-state index contributed by atoms with van der Waals surface area (Å²) in [7, 11) is 0. The SMILES string of the molecule is CC(O)C(NC(=O)C1CC1)C(=O)NCCc1ccc(C(C)(C)C)cc1. The molecule has 0 bridgehead atoms. The van der Waals surface area contributed by atoms with Gasteiger partial charge in [-0.1, -0.05) is 45.0 Å². The van der Waals surface area contributed by atoms with Gasteiger partial charge in [-0.05, 0) is 42.7 Å². The Morgan fingerprint density at radius 1 is 1.20 bits per heavy atom. The van der Waals surface area contributed by atoms with Crippen molar-refractivity contribution in [2.45, 2.75) is 64.5 Å². The first-order chi connectivity index (χ1) is 11.7. The highest BCUT2D eigenvalue weighted by atomic mass is 16.3. The topological polar surface area (TPSA) is 78.4 Å². The third kappa shape index (κ3) is 5.85. The highest BCUT2D eigenvalue weighted by Gasteiger charge is 2.34. The van der Waals surface area contributed by atoms with Gasteiger partial charge in [0.25, 0.3) is 0 Å².